The zero-order valence-corrected chi connectivity index (χ0v) is 8.67. The minimum atomic E-state index is -0.0396. The fourth-order valence-electron chi connectivity index (χ4n) is 1.05. The predicted octanol–water partition coefficient (Wildman–Crippen LogP) is 2.10. The Labute approximate surface area is 83.2 Å². The fraction of sp³-hybridized carbons (Fsp3) is 0.250. The summed E-state index contributed by atoms with van der Waals surface area (Å²) in [6.07, 6.45) is 0. The molecule has 0 saturated heterocycles. The standard InChI is InChI=1S/C8H8N2OS2/c1-2-12-8-9-6(11)5-3-4-13-7(5)10-8/h3-4H,2H2,1H3,(H,9,10,11). The number of fused-ring (bicyclic) bond motifs is 1. The van der Waals surface area contributed by atoms with Gasteiger partial charge < -0.3 is 4.98 Å². The smallest absolute Gasteiger partial charge is 0.260 e. The van der Waals surface area contributed by atoms with E-state index in [-0.39, 0.29) is 5.56 Å². The molecule has 0 aliphatic rings. The number of thioether (sulfide) groups is 1. The molecule has 0 aliphatic carbocycles. The van der Waals surface area contributed by atoms with Crippen LogP contribution in [0.1, 0.15) is 6.92 Å². The minimum Gasteiger partial charge on any atom is -0.301 e. The van der Waals surface area contributed by atoms with Crippen LogP contribution >= 0.6 is 23.1 Å². The van der Waals surface area contributed by atoms with Crippen LogP contribution in [0.3, 0.4) is 0 Å². The second kappa shape index (κ2) is 3.51. The molecule has 2 rings (SSSR count). The molecule has 1 N–H and O–H groups in total. The summed E-state index contributed by atoms with van der Waals surface area (Å²) in [5.41, 5.74) is -0.0396. The van der Waals surface area contributed by atoms with Gasteiger partial charge in [0.1, 0.15) is 4.83 Å². The number of hydrogen-bond acceptors (Lipinski definition) is 4. The van der Waals surface area contributed by atoms with Crippen LogP contribution in [-0.2, 0) is 0 Å². The zero-order chi connectivity index (χ0) is 9.26. The summed E-state index contributed by atoms with van der Waals surface area (Å²) < 4.78 is 0. The molecule has 0 aliphatic heterocycles. The Bertz CT molecular complexity index is 474. The normalized spacial score (nSPS) is 10.8. The van der Waals surface area contributed by atoms with Crippen LogP contribution in [0, 0.1) is 0 Å². The van der Waals surface area contributed by atoms with Gasteiger partial charge in [-0.2, -0.15) is 0 Å². The van der Waals surface area contributed by atoms with E-state index in [1.54, 1.807) is 17.8 Å². The summed E-state index contributed by atoms with van der Waals surface area (Å²) in [6, 6.07) is 1.80. The monoisotopic (exact) mass is 212 g/mol. The zero-order valence-electron chi connectivity index (χ0n) is 7.03. The van der Waals surface area contributed by atoms with Gasteiger partial charge in [-0.15, -0.1) is 11.3 Å². The highest BCUT2D eigenvalue weighted by Crippen LogP contribution is 2.18. The Morgan fingerprint density at radius 2 is 2.54 bits per heavy atom. The molecule has 5 heteroatoms. The van der Waals surface area contributed by atoms with Crippen molar-refractivity contribution in [2.24, 2.45) is 0 Å². The van der Waals surface area contributed by atoms with E-state index in [0.717, 1.165) is 10.6 Å². The highest BCUT2D eigenvalue weighted by Gasteiger charge is 2.03. The van der Waals surface area contributed by atoms with Crippen molar-refractivity contribution in [3.8, 4) is 0 Å². The Morgan fingerprint density at radius 3 is 3.31 bits per heavy atom. The number of rotatable bonds is 2. The molecule has 3 nitrogen and oxygen atoms in total. The van der Waals surface area contributed by atoms with Gasteiger partial charge in [0.2, 0.25) is 0 Å². The summed E-state index contributed by atoms with van der Waals surface area (Å²) >= 11 is 3.04. The Hall–Kier alpha value is -0.810. The van der Waals surface area contributed by atoms with Crippen LogP contribution in [0.25, 0.3) is 10.2 Å². The number of aromatic nitrogens is 2. The molecule has 2 heterocycles. The van der Waals surface area contributed by atoms with E-state index in [9.17, 15) is 4.79 Å². The molecule has 0 amide bonds. The van der Waals surface area contributed by atoms with Crippen LogP contribution in [-0.4, -0.2) is 15.7 Å². The van der Waals surface area contributed by atoms with Crippen molar-refractivity contribution in [3.63, 3.8) is 0 Å². The van der Waals surface area contributed by atoms with Crippen molar-refractivity contribution in [1.29, 1.82) is 0 Å². The number of nitrogens with zero attached hydrogens (tertiary/aromatic N) is 1. The second-order valence-electron chi connectivity index (χ2n) is 2.44. The molecule has 0 fully saturated rings. The predicted molar refractivity (Wildman–Crippen MR) is 56.6 cm³/mol. The highest BCUT2D eigenvalue weighted by atomic mass is 32.2. The molecule has 0 aromatic carbocycles. The molecule has 0 spiro atoms. The minimum absolute atomic E-state index is 0.0396. The lowest BCUT2D eigenvalue weighted by Crippen LogP contribution is -2.07. The third-order valence-electron chi connectivity index (χ3n) is 1.59. The number of H-pyrrole nitrogens is 1. The Kier molecular flexibility index (Phi) is 2.37. The van der Waals surface area contributed by atoms with E-state index in [4.69, 9.17) is 0 Å². The highest BCUT2D eigenvalue weighted by molar-refractivity contribution is 7.99. The number of thiophene rings is 1. The number of hydrogen-bond donors (Lipinski definition) is 1. The van der Waals surface area contributed by atoms with Crippen LogP contribution in [0.2, 0.25) is 0 Å². The van der Waals surface area contributed by atoms with Crippen LogP contribution in [0.15, 0.2) is 21.4 Å². The third kappa shape index (κ3) is 1.62. The Balaban J connectivity index is 2.63. The fourth-order valence-corrected chi connectivity index (χ4v) is 2.47. The van der Waals surface area contributed by atoms with E-state index >= 15 is 0 Å². The maximum Gasteiger partial charge on any atom is 0.260 e. The van der Waals surface area contributed by atoms with Gasteiger partial charge in [0.25, 0.3) is 5.56 Å². The topological polar surface area (TPSA) is 45.8 Å². The molecule has 13 heavy (non-hydrogen) atoms. The van der Waals surface area contributed by atoms with E-state index in [1.165, 1.54) is 11.3 Å². The first kappa shape index (κ1) is 8.77. The van der Waals surface area contributed by atoms with Gasteiger partial charge in [0.05, 0.1) is 5.39 Å². The second-order valence-corrected chi connectivity index (χ2v) is 4.59. The van der Waals surface area contributed by atoms with E-state index < -0.39 is 0 Å². The average molecular weight is 212 g/mol. The maximum atomic E-state index is 11.4. The largest absolute Gasteiger partial charge is 0.301 e. The van der Waals surface area contributed by atoms with Crippen molar-refractivity contribution < 1.29 is 0 Å². The van der Waals surface area contributed by atoms with Crippen LogP contribution in [0.5, 0.6) is 0 Å². The quantitative estimate of drug-likeness (QED) is 0.612. The van der Waals surface area contributed by atoms with Crippen LogP contribution < -0.4 is 5.56 Å². The SMILES string of the molecule is CCSc1nc2sccc2c(=O)[nH]1. The first-order valence-electron chi connectivity index (χ1n) is 3.91. The third-order valence-corrected chi connectivity index (χ3v) is 3.16. The molecular formula is C8H8N2OS2. The summed E-state index contributed by atoms with van der Waals surface area (Å²) in [4.78, 5) is 19.3. The van der Waals surface area contributed by atoms with Crippen molar-refractivity contribution in [1.82, 2.24) is 9.97 Å². The van der Waals surface area contributed by atoms with Gasteiger partial charge in [-0.05, 0) is 17.2 Å². The number of nitrogens with one attached hydrogen (secondary N) is 1. The van der Waals surface area contributed by atoms with Gasteiger partial charge in [0.15, 0.2) is 5.16 Å². The molecule has 68 valence electrons. The van der Waals surface area contributed by atoms with Gasteiger partial charge >= 0.3 is 0 Å². The summed E-state index contributed by atoms with van der Waals surface area (Å²) in [5, 5.41) is 3.28. The summed E-state index contributed by atoms with van der Waals surface area (Å²) in [6.45, 7) is 2.03. The molecule has 2 aromatic heterocycles. The molecular weight excluding hydrogens is 204 g/mol. The molecule has 0 atom stereocenters. The molecule has 0 bridgehead atoms. The van der Waals surface area contributed by atoms with E-state index in [2.05, 4.69) is 9.97 Å². The van der Waals surface area contributed by atoms with Crippen molar-refractivity contribution >= 4 is 33.3 Å². The van der Waals surface area contributed by atoms with Gasteiger partial charge in [-0.1, -0.05) is 18.7 Å². The van der Waals surface area contributed by atoms with Crippen molar-refractivity contribution in [2.75, 3.05) is 5.75 Å². The van der Waals surface area contributed by atoms with E-state index in [1.807, 2.05) is 12.3 Å². The first-order chi connectivity index (χ1) is 6.31. The van der Waals surface area contributed by atoms with Gasteiger partial charge in [0, 0.05) is 0 Å². The number of aromatic amines is 1. The molecule has 0 saturated carbocycles. The lowest BCUT2D eigenvalue weighted by molar-refractivity contribution is 0.981. The lowest BCUT2D eigenvalue weighted by atomic mass is 10.4. The van der Waals surface area contributed by atoms with Crippen molar-refractivity contribution in [2.45, 2.75) is 12.1 Å². The molecule has 0 radical (unpaired) electrons. The van der Waals surface area contributed by atoms with Gasteiger partial charge in [-0.3, -0.25) is 4.79 Å². The molecule has 0 unspecified atom stereocenters. The summed E-state index contributed by atoms with van der Waals surface area (Å²) in [7, 11) is 0. The van der Waals surface area contributed by atoms with E-state index in [0.29, 0.717) is 10.5 Å². The van der Waals surface area contributed by atoms with Crippen molar-refractivity contribution in [3.05, 3.63) is 21.8 Å². The summed E-state index contributed by atoms with van der Waals surface area (Å²) in [5.74, 6) is 0.916. The van der Waals surface area contributed by atoms with Gasteiger partial charge in [-0.25, -0.2) is 4.98 Å². The molecule has 2 aromatic rings. The lowest BCUT2D eigenvalue weighted by Gasteiger charge is -1.96. The van der Waals surface area contributed by atoms with Crippen LogP contribution in [0.4, 0.5) is 0 Å². The average Bonchev–Trinajstić information content (AvgIpc) is 2.53. The Morgan fingerprint density at radius 1 is 1.69 bits per heavy atom. The first-order valence-corrected chi connectivity index (χ1v) is 5.78. The maximum absolute atomic E-state index is 11.4.